The molecule has 0 bridgehead atoms. The van der Waals surface area contributed by atoms with Crippen LogP contribution in [0.2, 0.25) is 0 Å². The minimum atomic E-state index is 0.361. The van der Waals surface area contributed by atoms with Crippen LogP contribution in [0.4, 0.5) is 11.8 Å². The topological polar surface area (TPSA) is 53.9 Å². The summed E-state index contributed by atoms with van der Waals surface area (Å²) < 4.78 is 0. The van der Waals surface area contributed by atoms with Gasteiger partial charge in [-0.05, 0) is 44.0 Å². The third-order valence-electron chi connectivity index (χ3n) is 2.91. The van der Waals surface area contributed by atoms with E-state index in [0.717, 1.165) is 24.7 Å². The number of anilines is 2. The van der Waals surface area contributed by atoms with Gasteiger partial charge in [0.05, 0.1) is 0 Å². The Morgan fingerprint density at radius 1 is 1.15 bits per heavy atom. The molecule has 0 unspecified atom stereocenters. The summed E-state index contributed by atoms with van der Waals surface area (Å²) in [6.07, 6.45) is 6.37. The van der Waals surface area contributed by atoms with Crippen LogP contribution in [0.3, 0.4) is 0 Å². The van der Waals surface area contributed by atoms with Gasteiger partial charge in [-0.25, -0.2) is 4.98 Å². The van der Waals surface area contributed by atoms with Gasteiger partial charge in [-0.15, -0.1) is 0 Å². The molecule has 0 aliphatic carbocycles. The van der Waals surface area contributed by atoms with Crippen molar-refractivity contribution in [3.63, 3.8) is 0 Å². The predicted molar refractivity (Wildman–Crippen MR) is 82.0 cm³/mol. The monoisotopic (exact) mass is 271 g/mol. The fraction of sp³-hybridized carbons (Fsp3) is 0.400. The number of nitrogens with zero attached hydrogens (tertiary/aromatic N) is 4. The van der Waals surface area contributed by atoms with Gasteiger partial charge in [-0.3, -0.25) is 4.98 Å². The maximum Gasteiger partial charge on any atom is 0.226 e. The third kappa shape index (κ3) is 4.19. The Labute approximate surface area is 120 Å². The number of hydrogen-bond acceptors (Lipinski definition) is 5. The van der Waals surface area contributed by atoms with Gasteiger partial charge in [-0.2, -0.15) is 4.98 Å². The number of aromatic nitrogens is 3. The van der Waals surface area contributed by atoms with E-state index in [2.05, 4.69) is 39.0 Å². The molecule has 20 heavy (non-hydrogen) atoms. The zero-order valence-electron chi connectivity index (χ0n) is 12.2. The van der Waals surface area contributed by atoms with E-state index in [-0.39, 0.29) is 0 Å². The van der Waals surface area contributed by atoms with Crippen molar-refractivity contribution in [3.05, 3.63) is 42.4 Å². The highest BCUT2D eigenvalue weighted by Crippen LogP contribution is 2.11. The minimum Gasteiger partial charge on any atom is -0.368 e. The second kappa shape index (κ2) is 6.84. The summed E-state index contributed by atoms with van der Waals surface area (Å²) in [5, 5.41) is 3.29. The molecule has 0 aliphatic rings. The smallest absolute Gasteiger partial charge is 0.226 e. The van der Waals surface area contributed by atoms with E-state index in [4.69, 9.17) is 0 Å². The zero-order valence-corrected chi connectivity index (χ0v) is 12.2. The molecule has 0 saturated heterocycles. The van der Waals surface area contributed by atoms with Crippen LogP contribution in [0, 0.1) is 0 Å². The van der Waals surface area contributed by atoms with Gasteiger partial charge in [0.2, 0.25) is 5.95 Å². The Balaban J connectivity index is 1.96. The van der Waals surface area contributed by atoms with Crippen molar-refractivity contribution < 1.29 is 0 Å². The summed E-state index contributed by atoms with van der Waals surface area (Å²) in [6, 6.07) is 6.32. The summed E-state index contributed by atoms with van der Waals surface area (Å²) in [4.78, 5) is 14.9. The Morgan fingerprint density at radius 3 is 2.60 bits per heavy atom. The molecule has 1 N–H and O–H groups in total. The largest absolute Gasteiger partial charge is 0.368 e. The number of hydrogen-bond donors (Lipinski definition) is 1. The maximum atomic E-state index is 4.52. The first-order valence-corrected chi connectivity index (χ1v) is 6.85. The summed E-state index contributed by atoms with van der Waals surface area (Å²) in [5.74, 6) is 1.60. The fourth-order valence-electron chi connectivity index (χ4n) is 1.85. The molecule has 2 aromatic rings. The second-order valence-corrected chi connectivity index (χ2v) is 5.07. The normalized spacial score (nSPS) is 10.6. The molecule has 5 nitrogen and oxygen atoms in total. The first kappa shape index (κ1) is 14.2. The molecule has 0 amide bonds. The molecule has 0 atom stereocenters. The van der Waals surface area contributed by atoms with Gasteiger partial charge >= 0.3 is 0 Å². The average Bonchev–Trinajstić information content (AvgIpc) is 2.45. The molecule has 0 saturated carbocycles. The van der Waals surface area contributed by atoms with Crippen LogP contribution in [0.25, 0.3) is 0 Å². The summed E-state index contributed by atoms with van der Waals surface area (Å²) >= 11 is 0. The lowest BCUT2D eigenvalue weighted by Gasteiger charge is -2.18. The number of pyridine rings is 1. The van der Waals surface area contributed by atoms with Crippen molar-refractivity contribution in [2.45, 2.75) is 26.3 Å². The van der Waals surface area contributed by atoms with E-state index >= 15 is 0 Å². The molecule has 0 aromatic carbocycles. The SMILES string of the molecule is CC(C)Nc1ccnc(N(C)CCc2ccncc2)n1. The second-order valence-electron chi connectivity index (χ2n) is 5.07. The predicted octanol–water partition coefficient (Wildman–Crippen LogP) is 2.37. The van der Waals surface area contributed by atoms with E-state index in [0.29, 0.717) is 6.04 Å². The Kier molecular flexibility index (Phi) is 4.87. The highest BCUT2D eigenvalue weighted by Gasteiger charge is 2.06. The summed E-state index contributed by atoms with van der Waals surface area (Å²) in [7, 11) is 2.01. The van der Waals surface area contributed by atoms with Crippen LogP contribution in [-0.2, 0) is 6.42 Å². The molecule has 5 heteroatoms. The van der Waals surface area contributed by atoms with Gasteiger partial charge in [0.1, 0.15) is 5.82 Å². The summed E-state index contributed by atoms with van der Waals surface area (Å²) in [6.45, 7) is 5.05. The van der Waals surface area contributed by atoms with Crippen LogP contribution >= 0.6 is 0 Å². The van der Waals surface area contributed by atoms with E-state index in [1.807, 2.05) is 37.6 Å². The Morgan fingerprint density at radius 2 is 1.90 bits per heavy atom. The Hall–Kier alpha value is -2.17. The van der Waals surface area contributed by atoms with Crippen molar-refractivity contribution in [3.8, 4) is 0 Å². The highest BCUT2D eigenvalue weighted by atomic mass is 15.2. The number of likely N-dealkylation sites (N-methyl/N-ethyl adjacent to an activating group) is 1. The summed E-state index contributed by atoms with van der Waals surface area (Å²) in [5.41, 5.74) is 1.27. The molecule has 106 valence electrons. The Bertz CT molecular complexity index is 527. The number of nitrogens with one attached hydrogen (secondary N) is 1. The van der Waals surface area contributed by atoms with Gasteiger partial charge in [0.25, 0.3) is 0 Å². The van der Waals surface area contributed by atoms with Gasteiger partial charge in [0.15, 0.2) is 0 Å². The lowest BCUT2D eigenvalue weighted by atomic mass is 10.2. The molecule has 0 aliphatic heterocycles. The average molecular weight is 271 g/mol. The van der Waals surface area contributed by atoms with Gasteiger partial charge < -0.3 is 10.2 Å². The first-order chi connectivity index (χ1) is 9.65. The molecule has 2 heterocycles. The van der Waals surface area contributed by atoms with Crippen LogP contribution in [0.15, 0.2) is 36.8 Å². The zero-order chi connectivity index (χ0) is 14.4. The van der Waals surface area contributed by atoms with Crippen molar-refractivity contribution in [1.29, 1.82) is 0 Å². The van der Waals surface area contributed by atoms with Crippen LogP contribution in [-0.4, -0.2) is 34.6 Å². The number of rotatable bonds is 6. The van der Waals surface area contributed by atoms with Gasteiger partial charge in [0, 0.05) is 38.2 Å². The van der Waals surface area contributed by atoms with Crippen LogP contribution < -0.4 is 10.2 Å². The molecule has 0 radical (unpaired) electrons. The molecular weight excluding hydrogens is 250 g/mol. The molecular formula is C15H21N5. The van der Waals surface area contributed by atoms with Crippen molar-refractivity contribution in [1.82, 2.24) is 15.0 Å². The van der Waals surface area contributed by atoms with Crippen molar-refractivity contribution >= 4 is 11.8 Å². The van der Waals surface area contributed by atoms with Crippen LogP contribution in [0.1, 0.15) is 19.4 Å². The van der Waals surface area contributed by atoms with E-state index in [9.17, 15) is 0 Å². The molecule has 2 rings (SSSR count). The standard InChI is InChI=1S/C15H21N5/c1-12(2)18-14-6-10-17-15(19-14)20(3)11-7-13-4-8-16-9-5-13/h4-6,8-10,12H,7,11H2,1-3H3,(H,17,18,19). The lowest BCUT2D eigenvalue weighted by Crippen LogP contribution is -2.23. The van der Waals surface area contributed by atoms with Crippen LogP contribution in [0.5, 0.6) is 0 Å². The van der Waals surface area contributed by atoms with E-state index in [1.54, 1.807) is 6.20 Å². The van der Waals surface area contributed by atoms with Crippen molar-refractivity contribution in [2.75, 3.05) is 23.8 Å². The lowest BCUT2D eigenvalue weighted by molar-refractivity contribution is 0.829. The van der Waals surface area contributed by atoms with E-state index in [1.165, 1.54) is 5.56 Å². The molecule has 2 aromatic heterocycles. The molecule has 0 spiro atoms. The fourth-order valence-corrected chi connectivity index (χ4v) is 1.85. The third-order valence-corrected chi connectivity index (χ3v) is 2.91. The highest BCUT2D eigenvalue weighted by molar-refractivity contribution is 5.41. The van der Waals surface area contributed by atoms with Gasteiger partial charge in [-0.1, -0.05) is 0 Å². The maximum absolute atomic E-state index is 4.52. The van der Waals surface area contributed by atoms with E-state index < -0.39 is 0 Å². The minimum absolute atomic E-state index is 0.361. The molecule has 0 fully saturated rings. The van der Waals surface area contributed by atoms with Crippen molar-refractivity contribution in [2.24, 2.45) is 0 Å². The first-order valence-electron chi connectivity index (χ1n) is 6.85. The quantitative estimate of drug-likeness (QED) is 0.874.